The van der Waals surface area contributed by atoms with Gasteiger partial charge in [0.1, 0.15) is 0 Å². The zero-order chi connectivity index (χ0) is 14.4. The lowest BCUT2D eigenvalue weighted by molar-refractivity contribution is 0.0315. The number of hydrogen-bond acceptors (Lipinski definition) is 3. The molecular weight excluding hydrogens is 236 g/mol. The molecule has 1 rings (SSSR count). The first-order valence-corrected chi connectivity index (χ1v) is 8.09. The summed E-state index contributed by atoms with van der Waals surface area (Å²) in [4.78, 5) is 2.55. The zero-order valence-electron chi connectivity index (χ0n) is 13.5. The van der Waals surface area contributed by atoms with Crippen molar-refractivity contribution in [2.24, 2.45) is 11.8 Å². The van der Waals surface area contributed by atoms with Gasteiger partial charge in [0.15, 0.2) is 0 Å². The van der Waals surface area contributed by atoms with Crippen LogP contribution in [0.25, 0.3) is 0 Å². The van der Waals surface area contributed by atoms with Gasteiger partial charge in [0, 0.05) is 25.2 Å². The standard InChI is InChI=1S/C16H34N2O/c1-6-13(4)18-10-15(14(5)19)9-16(11-18)17-8-7-12(2)3/h12-17,19H,6-11H2,1-5H3. The highest BCUT2D eigenvalue weighted by Gasteiger charge is 2.31. The Balaban J connectivity index is 2.50. The summed E-state index contributed by atoms with van der Waals surface area (Å²) in [6.07, 6.45) is 3.34. The van der Waals surface area contributed by atoms with Gasteiger partial charge in [-0.1, -0.05) is 20.8 Å². The van der Waals surface area contributed by atoms with Crippen molar-refractivity contribution in [3.8, 4) is 0 Å². The summed E-state index contributed by atoms with van der Waals surface area (Å²) in [5.41, 5.74) is 0. The van der Waals surface area contributed by atoms with Crippen molar-refractivity contribution in [1.82, 2.24) is 10.2 Å². The minimum atomic E-state index is -0.193. The molecule has 4 atom stereocenters. The Hall–Kier alpha value is -0.120. The van der Waals surface area contributed by atoms with Gasteiger partial charge in [-0.25, -0.2) is 0 Å². The molecule has 4 unspecified atom stereocenters. The van der Waals surface area contributed by atoms with Crippen LogP contribution in [-0.2, 0) is 0 Å². The van der Waals surface area contributed by atoms with E-state index < -0.39 is 0 Å². The number of nitrogens with one attached hydrogen (secondary N) is 1. The second-order valence-electron chi connectivity index (χ2n) is 6.78. The van der Waals surface area contributed by atoms with Crippen molar-refractivity contribution in [3.05, 3.63) is 0 Å². The molecule has 0 saturated carbocycles. The fourth-order valence-electron chi connectivity index (χ4n) is 2.86. The Labute approximate surface area is 119 Å². The molecule has 3 heteroatoms. The minimum Gasteiger partial charge on any atom is -0.393 e. The summed E-state index contributed by atoms with van der Waals surface area (Å²) in [6.45, 7) is 14.3. The molecule has 0 bridgehead atoms. The van der Waals surface area contributed by atoms with Crippen molar-refractivity contribution in [2.45, 2.75) is 72.1 Å². The maximum Gasteiger partial charge on any atom is 0.0553 e. The van der Waals surface area contributed by atoms with Gasteiger partial charge >= 0.3 is 0 Å². The highest BCUT2D eigenvalue weighted by Crippen LogP contribution is 2.22. The number of aliphatic hydroxyl groups excluding tert-OH is 1. The molecular formula is C16H34N2O. The molecule has 0 aromatic heterocycles. The number of aliphatic hydroxyl groups is 1. The van der Waals surface area contributed by atoms with Crippen LogP contribution in [0.1, 0.15) is 53.9 Å². The van der Waals surface area contributed by atoms with E-state index in [1.807, 2.05) is 6.92 Å². The monoisotopic (exact) mass is 270 g/mol. The first-order chi connectivity index (χ1) is 8.93. The van der Waals surface area contributed by atoms with Crippen LogP contribution in [0.5, 0.6) is 0 Å². The van der Waals surface area contributed by atoms with E-state index in [2.05, 4.69) is 37.9 Å². The van der Waals surface area contributed by atoms with Gasteiger partial charge in [-0.05, 0) is 51.5 Å². The number of nitrogens with zero attached hydrogens (tertiary/aromatic N) is 1. The van der Waals surface area contributed by atoms with Gasteiger partial charge in [0.25, 0.3) is 0 Å². The topological polar surface area (TPSA) is 35.5 Å². The summed E-state index contributed by atoms with van der Waals surface area (Å²) < 4.78 is 0. The largest absolute Gasteiger partial charge is 0.393 e. The van der Waals surface area contributed by atoms with Crippen LogP contribution in [0.3, 0.4) is 0 Å². The van der Waals surface area contributed by atoms with Gasteiger partial charge in [0.05, 0.1) is 6.10 Å². The van der Waals surface area contributed by atoms with Crippen LogP contribution in [0.4, 0.5) is 0 Å². The molecule has 1 heterocycles. The lowest BCUT2D eigenvalue weighted by Gasteiger charge is -2.42. The van der Waals surface area contributed by atoms with Crippen molar-refractivity contribution in [3.63, 3.8) is 0 Å². The molecule has 2 N–H and O–H groups in total. The van der Waals surface area contributed by atoms with Crippen molar-refractivity contribution < 1.29 is 5.11 Å². The van der Waals surface area contributed by atoms with Crippen LogP contribution < -0.4 is 5.32 Å². The molecule has 0 aliphatic carbocycles. The van der Waals surface area contributed by atoms with Gasteiger partial charge in [-0.15, -0.1) is 0 Å². The van der Waals surface area contributed by atoms with Crippen molar-refractivity contribution >= 4 is 0 Å². The van der Waals surface area contributed by atoms with Gasteiger partial charge in [-0.3, -0.25) is 4.90 Å². The van der Waals surface area contributed by atoms with Crippen LogP contribution in [-0.4, -0.2) is 47.8 Å². The Bertz CT molecular complexity index is 243. The second-order valence-corrected chi connectivity index (χ2v) is 6.78. The lowest BCUT2D eigenvalue weighted by atomic mass is 9.89. The Morgan fingerprint density at radius 3 is 2.42 bits per heavy atom. The van der Waals surface area contributed by atoms with Gasteiger partial charge in [-0.2, -0.15) is 0 Å². The Morgan fingerprint density at radius 1 is 1.21 bits per heavy atom. The summed E-state index contributed by atoms with van der Waals surface area (Å²) in [5, 5.41) is 13.6. The molecule has 19 heavy (non-hydrogen) atoms. The number of piperidine rings is 1. The highest BCUT2D eigenvalue weighted by molar-refractivity contribution is 4.87. The molecule has 0 aromatic carbocycles. The van der Waals surface area contributed by atoms with E-state index >= 15 is 0 Å². The normalized spacial score (nSPS) is 28.6. The molecule has 0 amide bonds. The summed E-state index contributed by atoms with van der Waals surface area (Å²) in [6, 6.07) is 1.16. The van der Waals surface area contributed by atoms with E-state index in [0.29, 0.717) is 18.0 Å². The average molecular weight is 270 g/mol. The van der Waals surface area contributed by atoms with Crippen molar-refractivity contribution in [2.75, 3.05) is 19.6 Å². The number of hydrogen-bond donors (Lipinski definition) is 2. The molecule has 0 spiro atoms. The molecule has 3 nitrogen and oxygen atoms in total. The maximum absolute atomic E-state index is 9.93. The van der Waals surface area contributed by atoms with Crippen LogP contribution in [0, 0.1) is 11.8 Å². The third-order valence-corrected chi connectivity index (χ3v) is 4.56. The molecule has 114 valence electrons. The fraction of sp³-hybridized carbons (Fsp3) is 1.00. The van der Waals surface area contributed by atoms with E-state index in [1.165, 1.54) is 12.8 Å². The van der Waals surface area contributed by atoms with E-state index in [1.54, 1.807) is 0 Å². The van der Waals surface area contributed by atoms with Crippen LogP contribution in [0.2, 0.25) is 0 Å². The third kappa shape index (κ3) is 5.80. The predicted molar refractivity (Wildman–Crippen MR) is 82.4 cm³/mol. The maximum atomic E-state index is 9.93. The van der Waals surface area contributed by atoms with Crippen molar-refractivity contribution in [1.29, 1.82) is 0 Å². The molecule has 1 aliphatic rings. The second kappa shape index (κ2) is 8.23. The SMILES string of the molecule is CCC(C)N1CC(NCCC(C)C)CC(C(C)O)C1. The molecule has 1 saturated heterocycles. The quantitative estimate of drug-likeness (QED) is 0.746. The summed E-state index contributed by atoms with van der Waals surface area (Å²) in [5.74, 6) is 1.17. The number of rotatable bonds is 7. The van der Waals surface area contributed by atoms with E-state index in [0.717, 1.165) is 32.0 Å². The van der Waals surface area contributed by atoms with E-state index in [9.17, 15) is 5.11 Å². The first kappa shape index (κ1) is 16.9. The van der Waals surface area contributed by atoms with E-state index in [4.69, 9.17) is 0 Å². The molecule has 0 radical (unpaired) electrons. The van der Waals surface area contributed by atoms with Crippen LogP contribution in [0.15, 0.2) is 0 Å². The van der Waals surface area contributed by atoms with Gasteiger partial charge < -0.3 is 10.4 Å². The summed E-state index contributed by atoms with van der Waals surface area (Å²) >= 11 is 0. The predicted octanol–water partition coefficient (Wildman–Crippen LogP) is 2.49. The fourth-order valence-corrected chi connectivity index (χ4v) is 2.86. The van der Waals surface area contributed by atoms with Gasteiger partial charge in [0.2, 0.25) is 0 Å². The van der Waals surface area contributed by atoms with E-state index in [-0.39, 0.29) is 6.10 Å². The molecule has 1 aliphatic heterocycles. The first-order valence-electron chi connectivity index (χ1n) is 8.09. The average Bonchev–Trinajstić information content (AvgIpc) is 2.37. The molecule has 0 aromatic rings. The lowest BCUT2D eigenvalue weighted by Crippen LogP contribution is -2.54. The van der Waals surface area contributed by atoms with Crippen LogP contribution >= 0.6 is 0 Å². The smallest absolute Gasteiger partial charge is 0.0553 e. The summed E-state index contributed by atoms with van der Waals surface area (Å²) in [7, 11) is 0. The zero-order valence-corrected chi connectivity index (χ0v) is 13.5. The Morgan fingerprint density at radius 2 is 1.89 bits per heavy atom. The minimum absolute atomic E-state index is 0.193. The number of likely N-dealkylation sites (tertiary alicyclic amines) is 1. The highest BCUT2D eigenvalue weighted by atomic mass is 16.3. The third-order valence-electron chi connectivity index (χ3n) is 4.56. The Kier molecular flexibility index (Phi) is 7.33. The molecule has 1 fully saturated rings.